The van der Waals surface area contributed by atoms with E-state index in [4.69, 9.17) is 4.74 Å². The SMILES string of the molecule is CCCCc1ccc(C=CCNC(=O)OCc2ccccc2)cc1. The van der Waals surface area contributed by atoms with Crippen LogP contribution in [0.25, 0.3) is 6.08 Å². The Morgan fingerprint density at radius 1 is 1.04 bits per heavy atom. The van der Waals surface area contributed by atoms with Gasteiger partial charge in [-0.05, 0) is 29.5 Å². The Kier molecular flexibility index (Phi) is 7.61. The maximum absolute atomic E-state index is 11.6. The number of ether oxygens (including phenoxy) is 1. The lowest BCUT2D eigenvalue weighted by molar-refractivity contribution is 0.141. The van der Waals surface area contributed by atoms with Crippen molar-refractivity contribution in [1.82, 2.24) is 5.32 Å². The van der Waals surface area contributed by atoms with Crippen LogP contribution < -0.4 is 5.32 Å². The molecule has 0 saturated heterocycles. The molecular weight excluding hydrogens is 298 g/mol. The van der Waals surface area contributed by atoms with Gasteiger partial charge in [0.1, 0.15) is 6.61 Å². The van der Waals surface area contributed by atoms with E-state index >= 15 is 0 Å². The number of alkyl carbamates (subject to hydrolysis) is 1. The van der Waals surface area contributed by atoms with Gasteiger partial charge in [-0.15, -0.1) is 0 Å². The highest BCUT2D eigenvalue weighted by Crippen LogP contribution is 2.09. The van der Waals surface area contributed by atoms with Crippen molar-refractivity contribution in [1.29, 1.82) is 0 Å². The van der Waals surface area contributed by atoms with Crippen LogP contribution in [0.2, 0.25) is 0 Å². The zero-order valence-corrected chi connectivity index (χ0v) is 14.2. The molecule has 2 aromatic rings. The zero-order valence-electron chi connectivity index (χ0n) is 14.2. The number of amides is 1. The molecule has 0 aliphatic rings. The summed E-state index contributed by atoms with van der Waals surface area (Å²) in [5, 5.41) is 2.71. The largest absolute Gasteiger partial charge is 0.445 e. The molecule has 1 amide bonds. The Labute approximate surface area is 144 Å². The van der Waals surface area contributed by atoms with E-state index in [-0.39, 0.29) is 6.61 Å². The minimum atomic E-state index is -0.404. The summed E-state index contributed by atoms with van der Waals surface area (Å²) in [6.45, 7) is 2.94. The third kappa shape index (κ3) is 6.69. The van der Waals surface area contributed by atoms with Gasteiger partial charge >= 0.3 is 6.09 Å². The van der Waals surface area contributed by atoms with E-state index in [1.165, 1.54) is 18.4 Å². The molecule has 0 atom stereocenters. The molecular formula is C21H25NO2. The van der Waals surface area contributed by atoms with E-state index in [1.54, 1.807) is 0 Å². The van der Waals surface area contributed by atoms with Crippen LogP contribution >= 0.6 is 0 Å². The Balaban J connectivity index is 1.67. The number of rotatable bonds is 8. The number of aryl methyl sites for hydroxylation is 1. The first-order valence-corrected chi connectivity index (χ1v) is 8.48. The highest BCUT2D eigenvalue weighted by atomic mass is 16.5. The molecule has 0 aliphatic carbocycles. The molecule has 0 fully saturated rings. The van der Waals surface area contributed by atoms with E-state index in [1.807, 2.05) is 42.5 Å². The number of carbonyl (C=O) groups is 1. The quantitative estimate of drug-likeness (QED) is 0.745. The molecule has 3 nitrogen and oxygen atoms in total. The summed E-state index contributed by atoms with van der Waals surface area (Å²) in [6, 6.07) is 18.2. The Morgan fingerprint density at radius 3 is 2.50 bits per heavy atom. The summed E-state index contributed by atoms with van der Waals surface area (Å²) in [5.41, 5.74) is 3.48. The Hall–Kier alpha value is -2.55. The van der Waals surface area contributed by atoms with Crippen LogP contribution in [0.5, 0.6) is 0 Å². The molecule has 1 N–H and O–H groups in total. The van der Waals surface area contributed by atoms with Crippen LogP contribution in [0.3, 0.4) is 0 Å². The van der Waals surface area contributed by atoms with Crippen LogP contribution in [0.4, 0.5) is 4.79 Å². The average molecular weight is 323 g/mol. The molecule has 0 radical (unpaired) electrons. The first-order chi connectivity index (χ1) is 11.8. The Bertz CT molecular complexity index is 633. The van der Waals surface area contributed by atoms with Gasteiger partial charge in [0.15, 0.2) is 0 Å². The summed E-state index contributed by atoms with van der Waals surface area (Å²) in [4.78, 5) is 11.6. The lowest BCUT2D eigenvalue weighted by atomic mass is 10.1. The second kappa shape index (κ2) is 10.3. The lowest BCUT2D eigenvalue weighted by Crippen LogP contribution is -2.24. The number of hydrogen-bond acceptors (Lipinski definition) is 2. The predicted octanol–water partition coefficient (Wildman–Crippen LogP) is 4.97. The normalized spacial score (nSPS) is 10.7. The maximum Gasteiger partial charge on any atom is 0.407 e. The standard InChI is InChI=1S/C21H25NO2/c1-2-3-8-18-12-14-19(15-13-18)11-7-16-22-21(23)24-17-20-9-5-4-6-10-20/h4-7,9-15H,2-3,8,16-17H2,1H3,(H,22,23). The smallest absolute Gasteiger partial charge is 0.407 e. The van der Waals surface area contributed by atoms with Gasteiger partial charge in [-0.2, -0.15) is 0 Å². The summed E-state index contributed by atoms with van der Waals surface area (Å²) in [6.07, 6.45) is 7.09. The lowest BCUT2D eigenvalue weighted by Gasteiger charge is -2.05. The molecule has 0 bridgehead atoms. The number of unbranched alkanes of at least 4 members (excludes halogenated alkanes) is 1. The van der Waals surface area contributed by atoms with E-state index in [2.05, 4.69) is 36.5 Å². The van der Waals surface area contributed by atoms with Gasteiger partial charge < -0.3 is 10.1 Å². The van der Waals surface area contributed by atoms with E-state index in [0.717, 1.165) is 17.5 Å². The van der Waals surface area contributed by atoms with Crippen LogP contribution in [-0.4, -0.2) is 12.6 Å². The number of hydrogen-bond donors (Lipinski definition) is 1. The molecule has 24 heavy (non-hydrogen) atoms. The molecule has 126 valence electrons. The highest BCUT2D eigenvalue weighted by molar-refractivity contribution is 5.67. The highest BCUT2D eigenvalue weighted by Gasteiger charge is 2.00. The molecule has 0 unspecified atom stereocenters. The van der Waals surface area contributed by atoms with Crippen molar-refractivity contribution in [2.45, 2.75) is 32.8 Å². The van der Waals surface area contributed by atoms with Gasteiger partial charge in [-0.1, -0.05) is 80.1 Å². The van der Waals surface area contributed by atoms with Gasteiger partial charge in [0.2, 0.25) is 0 Å². The van der Waals surface area contributed by atoms with Crippen LogP contribution in [0.15, 0.2) is 60.7 Å². The second-order valence-corrected chi connectivity index (χ2v) is 5.69. The fourth-order valence-corrected chi connectivity index (χ4v) is 2.29. The first-order valence-electron chi connectivity index (χ1n) is 8.48. The van der Waals surface area contributed by atoms with E-state index < -0.39 is 6.09 Å². The molecule has 0 spiro atoms. The van der Waals surface area contributed by atoms with Crippen molar-refractivity contribution in [3.05, 3.63) is 77.4 Å². The van der Waals surface area contributed by atoms with Crippen molar-refractivity contribution in [2.75, 3.05) is 6.54 Å². The summed E-state index contributed by atoms with van der Waals surface area (Å²) in [7, 11) is 0. The molecule has 0 aliphatic heterocycles. The molecule has 2 rings (SSSR count). The van der Waals surface area contributed by atoms with Crippen molar-refractivity contribution in [3.8, 4) is 0 Å². The minimum absolute atomic E-state index is 0.287. The maximum atomic E-state index is 11.6. The van der Waals surface area contributed by atoms with Gasteiger partial charge in [0.05, 0.1) is 0 Å². The van der Waals surface area contributed by atoms with Gasteiger partial charge in [0.25, 0.3) is 0 Å². The third-order valence-electron chi connectivity index (χ3n) is 3.69. The van der Waals surface area contributed by atoms with E-state index in [9.17, 15) is 4.79 Å². The van der Waals surface area contributed by atoms with Crippen LogP contribution in [0.1, 0.15) is 36.5 Å². The summed E-state index contributed by atoms with van der Waals surface area (Å²) in [5.74, 6) is 0. The molecule has 0 aromatic heterocycles. The zero-order chi connectivity index (χ0) is 17.0. The molecule has 3 heteroatoms. The second-order valence-electron chi connectivity index (χ2n) is 5.69. The topological polar surface area (TPSA) is 38.3 Å². The summed E-state index contributed by atoms with van der Waals surface area (Å²) < 4.78 is 5.15. The third-order valence-corrected chi connectivity index (χ3v) is 3.69. The Morgan fingerprint density at radius 2 is 1.79 bits per heavy atom. The fourth-order valence-electron chi connectivity index (χ4n) is 2.29. The molecule has 0 saturated carbocycles. The minimum Gasteiger partial charge on any atom is -0.445 e. The number of nitrogens with one attached hydrogen (secondary N) is 1. The van der Waals surface area contributed by atoms with Crippen molar-refractivity contribution in [3.63, 3.8) is 0 Å². The molecule has 2 aromatic carbocycles. The predicted molar refractivity (Wildman–Crippen MR) is 98.7 cm³/mol. The van der Waals surface area contributed by atoms with Crippen LogP contribution in [-0.2, 0) is 17.8 Å². The first kappa shape index (κ1) is 17.8. The number of benzene rings is 2. The summed E-state index contributed by atoms with van der Waals surface area (Å²) >= 11 is 0. The van der Waals surface area contributed by atoms with Gasteiger partial charge in [-0.25, -0.2) is 4.79 Å². The van der Waals surface area contributed by atoms with Crippen molar-refractivity contribution < 1.29 is 9.53 Å². The van der Waals surface area contributed by atoms with Gasteiger partial charge in [0, 0.05) is 6.54 Å². The van der Waals surface area contributed by atoms with E-state index in [0.29, 0.717) is 6.54 Å². The monoisotopic (exact) mass is 323 g/mol. The fraction of sp³-hybridized carbons (Fsp3) is 0.286. The van der Waals surface area contributed by atoms with Gasteiger partial charge in [-0.3, -0.25) is 0 Å². The average Bonchev–Trinajstić information content (AvgIpc) is 2.63. The van der Waals surface area contributed by atoms with Crippen molar-refractivity contribution >= 4 is 12.2 Å². The molecule has 0 heterocycles. The number of carbonyl (C=O) groups excluding carboxylic acids is 1. The van der Waals surface area contributed by atoms with Crippen LogP contribution in [0, 0.1) is 0 Å². The van der Waals surface area contributed by atoms with Crippen molar-refractivity contribution in [2.24, 2.45) is 0 Å².